The first kappa shape index (κ1) is 21.5. The molecule has 2 N–H and O–H groups in total. The zero-order chi connectivity index (χ0) is 22.0. The van der Waals surface area contributed by atoms with Crippen LogP contribution < -0.4 is 10.6 Å². The van der Waals surface area contributed by atoms with Gasteiger partial charge < -0.3 is 10.6 Å². The summed E-state index contributed by atoms with van der Waals surface area (Å²) in [6, 6.07) is 11.7. The van der Waals surface area contributed by atoms with E-state index in [1.807, 2.05) is 0 Å². The quantitative estimate of drug-likeness (QED) is 0.719. The van der Waals surface area contributed by atoms with Crippen LogP contribution in [0.4, 0.5) is 5.69 Å². The van der Waals surface area contributed by atoms with Gasteiger partial charge >= 0.3 is 0 Å². The highest BCUT2D eigenvalue weighted by molar-refractivity contribution is 7.89. The Morgan fingerprint density at radius 2 is 1.55 bits per heavy atom. The summed E-state index contributed by atoms with van der Waals surface area (Å²) in [6.45, 7) is 2.77. The number of piperidine rings is 1. The molecule has 7 nitrogen and oxygen atoms in total. The van der Waals surface area contributed by atoms with Gasteiger partial charge in [-0.1, -0.05) is 12.5 Å². The summed E-state index contributed by atoms with van der Waals surface area (Å²) in [5.74, 6) is -0.517. The van der Waals surface area contributed by atoms with Crippen molar-refractivity contribution in [3.05, 3.63) is 59.2 Å². The molecule has 0 bridgehead atoms. The molecule has 2 aliphatic rings. The summed E-state index contributed by atoms with van der Waals surface area (Å²) in [5, 5.41) is 5.70. The Hall–Kier alpha value is -2.71. The molecule has 0 unspecified atom stereocenters. The van der Waals surface area contributed by atoms with Gasteiger partial charge in [0.2, 0.25) is 10.0 Å². The van der Waals surface area contributed by atoms with Crippen molar-refractivity contribution in [2.45, 2.75) is 50.0 Å². The van der Waals surface area contributed by atoms with Crippen LogP contribution in [0.2, 0.25) is 0 Å². The number of nitrogens with zero attached hydrogens (tertiary/aromatic N) is 1. The van der Waals surface area contributed by atoms with Gasteiger partial charge in [0.1, 0.15) is 0 Å². The number of aryl methyl sites for hydroxylation is 1. The molecular formula is C23H27N3O4S. The summed E-state index contributed by atoms with van der Waals surface area (Å²) in [4.78, 5) is 25.0. The largest absolute Gasteiger partial charge is 0.349 e. The van der Waals surface area contributed by atoms with Gasteiger partial charge in [-0.15, -0.1) is 0 Å². The minimum Gasteiger partial charge on any atom is -0.349 e. The van der Waals surface area contributed by atoms with Crippen molar-refractivity contribution in [1.29, 1.82) is 0 Å². The van der Waals surface area contributed by atoms with Crippen LogP contribution in [0, 0.1) is 6.92 Å². The second kappa shape index (κ2) is 8.80. The average Bonchev–Trinajstić information content (AvgIpc) is 3.59. The number of carbonyl (C=O) groups excluding carboxylic acids is 2. The monoisotopic (exact) mass is 441 g/mol. The fraction of sp³-hybridized carbons (Fsp3) is 0.391. The van der Waals surface area contributed by atoms with Crippen molar-refractivity contribution in [3.8, 4) is 0 Å². The number of carbonyl (C=O) groups is 2. The van der Waals surface area contributed by atoms with Crippen molar-refractivity contribution >= 4 is 27.5 Å². The number of nitrogens with one attached hydrogen (secondary N) is 2. The normalized spacial score (nSPS) is 17.2. The second-order valence-corrected chi connectivity index (χ2v) is 10.1. The minimum atomic E-state index is -3.63. The lowest BCUT2D eigenvalue weighted by Gasteiger charge is -2.26. The van der Waals surface area contributed by atoms with Crippen LogP contribution in [0.25, 0.3) is 0 Å². The summed E-state index contributed by atoms with van der Waals surface area (Å²) in [5.41, 5.74) is 1.97. The molecule has 8 heteroatoms. The molecule has 1 saturated carbocycles. The fourth-order valence-electron chi connectivity index (χ4n) is 3.67. The van der Waals surface area contributed by atoms with E-state index < -0.39 is 15.9 Å². The molecule has 0 spiro atoms. The molecule has 1 heterocycles. The number of rotatable bonds is 6. The third-order valence-corrected chi connectivity index (χ3v) is 7.74. The molecule has 2 fully saturated rings. The molecule has 1 aliphatic heterocycles. The third-order valence-electron chi connectivity index (χ3n) is 5.70. The van der Waals surface area contributed by atoms with E-state index in [4.69, 9.17) is 0 Å². The predicted octanol–water partition coefficient (Wildman–Crippen LogP) is 3.31. The van der Waals surface area contributed by atoms with Crippen molar-refractivity contribution in [2.24, 2.45) is 0 Å². The Balaban J connectivity index is 1.48. The van der Waals surface area contributed by atoms with Crippen molar-refractivity contribution in [2.75, 3.05) is 18.4 Å². The lowest BCUT2D eigenvalue weighted by Crippen LogP contribution is -2.36. The van der Waals surface area contributed by atoms with E-state index in [9.17, 15) is 18.0 Å². The first-order valence-corrected chi connectivity index (χ1v) is 12.1. The predicted molar refractivity (Wildman–Crippen MR) is 119 cm³/mol. The van der Waals surface area contributed by atoms with Crippen LogP contribution in [0.5, 0.6) is 0 Å². The lowest BCUT2D eigenvalue weighted by molar-refractivity contribution is 0.0950. The molecule has 0 aromatic heterocycles. The molecule has 2 amide bonds. The Morgan fingerprint density at radius 1 is 0.903 bits per heavy atom. The van der Waals surface area contributed by atoms with E-state index in [0.29, 0.717) is 29.9 Å². The van der Waals surface area contributed by atoms with E-state index in [1.165, 1.54) is 10.4 Å². The van der Waals surface area contributed by atoms with Crippen LogP contribution >= 0.6 is 0 Å². The summed E-state index contributed by atoms with van der Waals surface area (Å²) >= 11 is 0. The minimum absolute atomic E-state index is 0.119. The first-order chi connectivity index (χ1) is 14.8. The van der Waals surface area contributed by atoms with Crippen LogP contribution in [-0.2, 0) is 10.0 Å². The molecule has 2 aromatic rings. The number of hydrogen-bond acceptors (Lipinski definition) is 4. The van der Waals surface area contributed by atoms with Crippen LogP contribution in [0.3, 0.4) is 0 Å². The fourth-order valence-corrected chi connectivity index (χ4v) is 5.44. The zero-order valence-electron chi connectivity index (χ0n) is 17.6. The maximum Gasteiger partial charge on any atom is 0.255 e. The van der Waals surface area contributed by atoms with Crippen molar-refractivity contribution in [1.82, 2.24) is 9.62 Å². The molecule has 2 aromatic carbocycles. The number of benzene rings is 2. The van der Waals surface area contributed by atoms with Gasteiger partial charge in [0, 0.05) is 35.9 Å². The molecule has 1 aliphatic carbocycles. The molecule has 0 radical (unpaired) electrons. The SMILES string of the molecule is Cc1ccc(C(=O)Nc2ccc(C(=O)NC3CC3)cc2)cc1S(=O)(=O)N1CCCCC1. The van der Waals surface area contributed by atoms with E-state index in [2.05, 4.69) is 10.6 Å². The van der Waals surface area contributed by atoms with Crippen molar-refractivity contribution in [3.63, 3.8) is 0 Å². The van der Waals surface area contributed by atoms with Gasteiger partial charge in [-0.25, -0.2) is 8.42 Å². The van der Waals surface area contributed by atoms with Gasteiger partial charge in [-0.2, -0.15) is 4.31 Å². The second-order valence-electron chi connectivity index (χ2n) is 8.22. The van der Waals surface area contributed by atoms with Gasteiger partial charge in [-0.3, -0.25) is 9.59 Å². The van der Waals surface area contributed by atoms with Crippen LogP contribution in [-0.4, -0.2) is 43.7 Å². The Labute approximate surface area is 182 Å². The molecule has 164 valence electrons. The molecule has 31 heavy (non-hydrogen) atoms. The van der Waals surface area contributed by atoms with Crippen LogP contribution in [0.15, 0.2) is 47.4 Å². The van der Waals surface area contributed by atoms with E-state index in [1.54, 1.807) is 43.3 Å². The van der Waals surface area contributed by atoms with E-state index in [0.717, 1.165) is 32.1 Å². The number of hydrogen-bond donors (Lipinski definition) is 2. The standard InChI is InChI=1S/C23H27N3O4S/c1-16-5-6-18(15-21(16)31(29,30)26-13-3-2-4-14-26)23(28)25-19-9-7-17(8-10-19)22(27)24-20-11-12-20/h5-10,15,20H,2-4,11-14H2,1H3,(H,24,27)(H,25,28). The van der Waals surface area contributed by atoms with Gasteiger partial charge in [0.25, 0.3) is 11.8 Å². The van der Waals surface area contributed by atoms with Crippen LogP contribution in [0.1, 0.15) is 58.4 Å². The third kappa shape index (κ3) is 4.97. The molecule has 4 rings (SSSR count). The summed E-state index contributed by atoms with van der Waals surface area (Å²) in [7, 11) is -3.63. The first-order valence-electron chi connectivity index (χ1n) is 10.7. The van der Waals surface area contributed by atoms with Crippen molar-refractivity contribution < 1.29 is 18.0 Å². The summed E-state index contributed by atoms with van der Waals surface area (Å²) in [6.07, 6.45) is 4.78. The number of amides is 2. The number of anilines is 1. The molecular weight excluding hydrogens is 414 g/mol. The average molecular weight is 442 g/mol. The Kier molecular flexibility index (Phi) is 6.11. The Morgan fingerprint density at radius 3 is 2.19 bits per heavy atom. The highest BCUT2D eigenvalue weighted by Gasteiger charge is 2.28. The maximum atomic E-state index is 13.1. The van der Waals surface area contributed by atoms with E-state index in [-0.39, 0.29) is 22.4 Å². The molecule has 0 atom stereocenters. The van der Waals surface area contributed by atoms with E-state index >= 15 is 0 Å². The highest BCUT2D eigenvalue weighted by atomic mass is 32.2. The molecule has 1 saturated heterocycles. The summed E-state index contributed by atoms with van der Waals surface area (Å²) < 4.78 is 27.7. The number of sulfonamides is 1. The Bertz CT molecular complexity index is 1090. The van der Waals surface area contributed by atoms with Gasteiger partial charge in [0.05, 0.1) is 4.90 Å². The lowest BCUT2D eigenvalue weighted by atomic mass is 10.1. The highest BCUT2D eigenvalue weighted by Crippen LogP contribution is 2.25. The zero-order valence-corrected chi connectivity index (χ0v) is 18.4. The van der Waals surface area contributed by atoms with Gasteiger partial charge in [0.15, 0.2) is 0 Å². The smallest absolute Gasteiger partial charge is 0.255 e. The maximum absolute atomic E-state index is 13.1. The topological polar surface area (TPSA) is 95.6 Å². The van der Waals surface area contributed by atoms with Gasteiger partial charge in [-0.05, 0) is 74.6 Å².